The van der Waals surface area contributed by atoms with Crippen LogP contribution in [0.3, 0.4) is 0 Å². The number of likely N-dealkylation sites (tertiary alicyclic amines) is 1. The Kier molecular flexibility index (Phi) is 4.44. The van der Waals surface area contributed by atoms with Crippen LogP contribution in [0.2, 0.25) is 0 Å². The van der Waals surface area contributed by atoms with Gasteiger partial charge >= 0.3 is 0 Å². The van der Waals surface area contributed by atoms with Crippen molar-refractivity contribution < 1.29 is 9.53 Å². The van der Waals surface area contributed by atoms with Crippen LogP contribution in [0.4, 0.5) is 0 Å². The van der Waals surface area contributed by atoms with Crippen LogP contribution in [0, 0.1) is 0 Å². The van der Waals surface area contributed by atoms with E-state index in [4.69, 9.17) is 9.72 Å². The number of hydrogen-bond acceptors (Lipinski definition) is 4. The molecule has 1 saturated heterocycles. The molecule has 1 aromatic carbocycles. The number of piperidine rings is 1. The van der Waals surface area contributed by atoms with E-state index in [2.05, 4.69) is 26.0 Å². The summed E-state index contributed by atoms with van der Waals surface area (Å²) in [5.74, 6) is 1.60. The highest BCUT2D eigenvalue weighted by molar-refractivity contribution is 9.10. The number of nitrogens with one attached hydrogen (secondary N) is 1. The number of carbonyl (C=O) groups is 1. The molecule has 8 heteroatoms. The number of ether oxygens (including phenoxy) is 1. The zero-order valence-electron chi connectivity index (χ0n) is 14.7. The molecule has 7 nitrogen and oxygen atoms in total. The van der Waals surface area contributed by atoms with E-state index in [1.54, 1.807) is 18.8 Å². The summed E-state index contributed by atoms with van der Waals surface area (Å²) >= 11 is 3.44. The second kappa shape index (κ2) is 6.75. The number of rotatable bonds is 3. The largest absolute Gasteiger partial charge is 0.480 e. The van der Waals surface area contributed by atoms with Gasteiger partial charge in [0.2, 0.25) is 5.88 Å². The number of aromatic nitrogens is 4. The van der Waals surface area contributed by atoms with Gasteiger partial charge in [0.15, 0.2) is 5.69 Å². The van der Waals surface area contributed by atoms with E-state index in [0.717, 1.165) is 36.2 Å². The van der Waals surface area contributed by atoms with Crippen LogP contribution in [0.5, 0.6) is 5.88 Å². The Morgan fingerprint density at radius 3 is 2.92 bits per heavy atom. The number of hydrogen-bond donors (Lipinski definition) is 1. The summed E-state index contributed by atoms with van der Waals surface area (Å²) in [6.45, 7) is 1.35. The summed E-state index contributed by atoms with van der Waals surface area (Å²) in [7, 11) is 3.32. The molecule has 1 fully saturated rings. The van der Waals surface area contributed by atoms with Crippen molar-refractivity contribution in [2.24, 2.45) is 7.05 Å². The number of carbonyl (C=O) groups excluding carboxylic acids is 1. The molecular formula is C18H20BrN5O2. The summed E-state index contributed by atoms with van der Waals surface area (Å²) in [6, 6.07) is 8.00. The number of amides is 1. The third-order valence-electron chi connectivity index (χ3n) is 4.84. The summed E-state index contributed by atoms with van der Waals surface area (Å²) in [5, 5.41) is 4.32. The van der Waals surface area contributed by atoms with Crippen LogP contribution in [0.1, 0.15) is 35.1 Å². The van der Waals surface area contributed by atoms with Crippen LogP contribution >= 0.6 is 15.9 Å². The number of aryl methyl sites for hydroxylation is 1. The Morgan fingerprint density at radius 1 is 1.38 bits per heavy atom. The average molecular weight is 418 g/mol. The van der Waals surface area contributed by atoms with E-state index < -0.39 is 0 Å². The molecule has 1 unspecified atom stereocenters. The molecule has 0 spiro atoms. The summed E-state index contributed by atoms with van der Waals surface area (Å²) in [5.41, 5.74) is 2.38. The van der Waals surface area contributed by atoms with E-state index in [-0.39, 0.29) is 11.8 Å². The molecule has 0 aliphatic carbocycles. The Hall–Kier alpha value is -2.35. The van der Waals surface area contributed by atoms with Crippen LogP contribution in [-0.4, -0.2) is 50.8 Å². The molecule has 136 valence electrons. The lowest BCUT2D eigenvalue weighted by Gasteiger charge is -2.31. The molecule has 0 radical (unpaired) electrons. The van der Waals surface area contributed by atoms with Gasteiger partial charge in [0.05, 0.1) is 18.1 Å². The molecule has 1 aliphatic heterocycles. The second-order valence-electron chi connectivity index (χ2n) is 6.52. The fourth-order valence-electron chi connectivity index (χ4n) is 3.54. The molecule has 4 rings (SSSR count). The number of para-hydroxylation sites is 2. The van der Waals surface area contributed by atoms with Crippen molar-refractivity contribution in [1.29, 1.82) is 0 Å². The highest BCUT2D eigenvalue weighted by atomic mass is 79.9. The highest BCUT2D eigenvalue weighted by Crippen LogP contribution is 2.31. The zero-order chi connectivity index (χ0) is 18.3. The zero-order valence-corrected chi connectivity index (χ0v) is 16.3. The number of H-pyrrole nitrogens is 1. The Labute approximate surface area is 159 Å². The maximum absolute atomic E-state index is 13.0. The quantitative estimate of drug-likeness (QED) is 0.710. The van der Waals surface area contributed by atoms with Gasteiger partial charge in [0.1, 0.15) is 10.3 Å². The fourth-order valence-corrected chi connectivity index (χ4v) is 4.21. The maximum atomic E-state index is 13.0. The first-order chi connectivity index (χ1) is 12.6. The number of imidazole rings is 1. The lowest BCUT2D eigenvalue weighted by molar-refractivity contribution is 0.0697. The van der Waals surface area contributed by atoms with Crippen LogP contribution in [-0.2, 0) is 7.05 Å². The first kappa shape index (κ1) is 17.1. The first-order valence-electron chi connectivity index (χ1n) is 8.59. The van der Waals surface area contributed by atoms with E-state index in [9.17, 15) is 4.79 Å². The van der Waals surface area contributed by atoms with Crippen molar-refractivity contribution in [1.82, 2.24) is 24.6 Å². The number of nitrogens with zero attached hydrogens (tertiary/aromatic N) is 4. The predicted octanol–water partition coefficient (Wildman–Crippen LogP) is 3.09. The molecular weight excluding hydrogens is 398 g/mol. The van der Waals surface area contributed by atoms with Gasteiger partial charge in [-0.15, -0.1) is 0 Å². The number of methoxy groups -OCH3 is 1. The number of aromatic amines is 1. The smallest absolute Gasteiger partial charge is 0.275 e. The molecule has 1 N–H and O–H groups in total. The fraction of sp³-hybridized carbons (Fsp3) is 0.389. The van der Waals surface area contributed by atoms with Gasteiger partial charge in [-0.25, -0.2) is 9.67 Å². The molecule has 1 aliphatic rings. The van der Waals surface area contributed by atoms with Crippen molar-refractivity contribution >= 4 is 32.9 Å². The molecule has 2 aromatic heterocycles. The standard InChI is InChI=1S/C18H20BrN5O2/c1-23-18(26-2)14(19)15(22-23)17(25)24-9-5-6-11(10-24)16-20-12-7-3-4-8-13(12)21-16/h3-4,7-8,11H,5-6,9-10H2,1-2H3,(H,20,21). The summed E-state index contributed by atoms with van der Waals surface area (Å²) in [4.78, 5) is 22.9. The number of halogens is 1. The Balaban J connectivity index is 1.57. The van der Waals surface area contributed by atoms with E-state index in [0.29, 0.717) is 22.6 Å². The van der Waals surface area contributed by atoms with Crippen molar-refractivity contribution in [2.45, 2.75) is 18.8 Å². The van der Waals surface area contributed by atoms with Crippen LogP contribution in [0.15, 0.2) is 28.7 Å². The summed E-state index contributed by atoms with van der Waals surface area (Å²) < 4.78 is 7.45. The van der Waals surface area contributed by atoms with Gasteiger partial charge in [-0.2, -0.15) is 5.10 Å². The topological polar surface area (TPSA) is 76.0 Å². The molecule has 3 heterocycles. The Morgan fingerprint density at radius 2 is 2.19 bits per heavy atom. The Bertz CT molecular complexity index is 931. The normalized spacial score (nSPS) is 17.7. The van der Waals surface area contributed by atoms with Gasteiger partial charge in [0, 0.05) is 26.1 Å². The summed E-state index contributed by atoms with van der Waals surface area (Å²) in [6.07, 6.45) is 1.95. The van der Waals surface area contributed by atoms with E-state index in [1.165, 1.54) is 0 Å². The third-order valence-corrected chi connectivity index (χ3v) is 5.55. The van der Waals surface area contributed by atoms with Crippen LogP contribution < -0.4 is 4.74 Å². The highest BCUT2D eigenvalue weighted by Gasteiger charge is 2.31. The van der Waals surface area contributed by atoms with Gasteiger partial charge in [0.25, 0.3) is 5.91 Å². The van der Waals surface area contributed by atoms with E-state index in [1.807, 2.05) is 29.2 Å². The lowest BCUT2D eigenvalue weighted by atomic mass is 9.97. The minimum atomic E-state index is -0.0865. The third kappa shape index (κ3) is 2.88. The molecule has 26 heavy (non-hydrogen) atoms. The molecule has 0 bridgehead atoms. The second-order valence-corrected chi connectivity index (χ2v) is 7.32. The van der Waals surface area contributed by atoms with Crippen molar-refractivity contribution in [2.75, 3.05) is 20.2 Å². The van der Waals surface area contributed by atoms with Crippen molar-refractivity contribution in [3.05, 3.63) is 40.3 Å². The van der Waals surface area contributed by atoms with Crippen LogP contribution in [0.25, 0.3) is 11.0 Å². The predicted molar refractivity (Wildman–Crippen MR) is 101 cm³/mol. The van der Waals surface area contributed by atoms with Gasteiger partial charge in [-0.1, -0.05) is 12.1 Å². The minimum absolute atomic E-state index is 0.0865. The van der Waals surface area contributed by atoms with Gasteiger partial charge in [-0.3, -0.25) is 4.79 Å². The van der Waals surface area contributed by atoms with Gasteiger partial charge in [-0.05, 0) is 40.9 Å². The molecule has 1 atom stereocenters. The average Bonchev–Trinajstić information content (AvgIpc) is 3.22. The first-order valence-corrected chi connectivity index (χ1v) is 9.38. The maximum Gasteiger partial charge on any atom is 0.275 e. The van der Waals surface area contributed by atoms with Crippen molar-refractivity contribution in [3.8, 4) is 5.88 Å². The number of fused-ring (bicyclic) bond motifs is 1. The number of benzene rings is 1. The molecule has 1 amide bonds. The molecule has 3 aromatic rings. The SMILES string of the molecule is COc1c(Br)c(C(=O)N2CCCC(c3nc4ccccc4[nH]3)C2)nn1C. The minimum Gasteiger partial charge on any atom is -0.480 e. The monoisotopic (exact) mass is 417 g/mol. The van der Waals surface area contributed by atoms with E-state index >= 15 is 0 Å². The van der Waals surface area contributed by atoms with Crippen molar-refractivity contribution in [3.63, 3.8) is 0 Å². The van der Waals surface area contributed by atoms with Gasteiger partial charge < -0.3 is 14.6 Å². The molecule has 0 saturated carbocycles. The lowest BCUT2D eigenvalue weighted by Crippen LogP contribution is -2.39.